The normalized spacial score (nSPS) is 13.4. The molecule has 0 bridgehead atoms. The van der Waals surface area contributed by atoms with Crippen LogP contribution in [0.3, 0.4) is 0 Å². The second-order valence-corrected chi connectivity index (χ2v) is 2.17. The van der Waals surface area contributed by atoms with Crippen molar-refractivity contribution in [2.45, 2.75) is 19.6 Å². The molecular weight excluding hydrogens is 132 g/mol. The molecule has 0 aliphatic carbocycles. The van der Waals surface area contributed by atoms with E-state index in [4.69, 9.17) is 10.8 Å². The molecule has 0 aromatic carbocycles. The quantitative estimate of drug-likeness (QED) is 0.569. The van der Waals surface area contributed by atoms with Gasteiger partial charge in [-0.05, 0) is 6.92 Å². The van der Waals surface area contributed by atoms with Gasteiger partial charge in [-0.15, -0.1) is 5.10 Å². The molecule has 10 heavy (non-hydrogen) atoms. The van der Waals surface area contributed by atoms with Crippen LogP contribution in [-0.4, -0.2) is 26.0 Å². The van der Waals surface area contributed by atoms with Gasteiger partial charge in [0.15, 0.2) is 0 Å². The van der Waals surface area contributed by atoms with Crippen LogP contribution in [0.15, 0.2) is 6.33 Å². The number of nitrogens with zero attached hydrogens (tertiary/aromatic N) is 3. The molecule has 3 N–H and O–H groups in total. The van der Waals surface area contributed by atoms with Gasteiger partial charge < -0.3 is 10.8 Å². The lowest BCUT2D eigenvalue weighted by Crippen LogP contribution is -2.12. The summed E-state index contributed by atoms with van der Waals surface area (Å²) in [5, 5.41) is 12.7. The van der Waals surface area contributed by atoms with Crippen LogP contribution in [0, 0.1) is 0 Å². The van der Waals surface area contributed by atoms with Crippen molar-refractivity contribution in [3.63, 3.8) is 0 Å². The zero-order valence-corrected chi connectivity index (χ0v) is 5.73. The summed E-state index contributed by atoms with van der Waals surface area (Å²) in [6.07, 6.45) is 1.07. The van der Waals surface area contributed by atoms with E-state index in [0.29, 0.717) is 6.54 Å². The highest BCUT2D eigenvalue weighted by molar-refractivity contribution is 5.09. The van der Waals surface area contributed by atoms with Gasteiger partial charge in [-0.1, -0.05) is 0 Å². The molecule has 0 aliphatic heterocycles. The summed E-state index contributed by atoms with van der Waals surface area (Å²) in [5.41, 5.74) is 5.23. The smallest absolute Gasteiger partial charge is 0.239 e. The van der Waals surface area contributed by atoms with E-state index < -0.39 is 6.10 Å². The monoisotopic (exact) mass is 142 g/mol. The predicted octanol–water partition coefficient (Wildman–Crippen LogP) is -0.759. The van der Waals surface area contributed by atoms with Gasteiger partial charge in [-0.2, -0.15) is 0 Å². The molecule has 1 aromatic rings. The van der Waals surface area contributed by atoms with Gasteiger partial charge in [-0.25, -0.2) is 9.67 Å². The number of hydrogen-bond acceptors (Lipinski definition) is 4. The molecule has 0 radical (unpaired) electrons. The first kappa shape index (κ1) is 7.01. The van der Waals surface area contributed by atoms with Gasteiger partial charge in [0, 0.05) is 0 Å². The fourth-order valence-corrected chi connectivity index (χ4v) is 0.668. The van der Waals surface area contributed by atoms with E-state index >= 15 is 0 Å². The predicted molar refractivity (Wildman–Crippen MR) is 36.1 cm³/mol. The molecule has 56 valence electrons. The molecule has 0 amide bonds. The third-order valence-corrected chi connectivity index (χ3v) is 1.01. The SMILES string of the molecule is CC(O)Cn1cnc(N)n1. The van der Waals surface area contributed by atoms with Gasteiger partial charge in [0.05, 0.1) is 12.6 Å². The van der Waals surface area contributed by atoms with Crippen LogP contribution in [0.5, 0.6) is 0 Å². The van der Waals surface area contributed by atoms with Crippen LogP contribution >= 0.6 is 0 Å². The fourth-order valence-electron chi connectivity index (χ4n) is 0.668. The maximum absolute atomic E-state index is 8.89. The summed E-state index contributed by atoms with van der Waals surface area (Å²) in [6.45, 7) is 2.11. The Hall–Kier alpha value is -1.10. The molecule has 1 rings (SSSR count). The third-order valence-electron chi connectivity index (χ3n) is 1.01. The summed E-state index contributed by atoms with van der Waals surface area (Å²) in [4.78, 5) is 3.69. The van der Waals surface area contributed by atoms with E-state index in [9.17, 15) is 0 Å². The van der Waals surface area contributed by atoms with Crippen molar-refractivity contribution in [1.29, 1.82) is 0 Å². The Morgan fingerprint density at radius 2 is 2.60 bits per heavy atom. The van der Waals surface area contributed by atoms with Gasteiger partial charge in [-0.3, -0.25) is 0 Å². The van der Waals surface area contributed by atoms with E-state index in [2.05, 4.69) is 10.1 Å². The van der Waals surface area contributed by atoms with Crippen molar-refractivity contribution in [1.82, 2.24) is 14.8 Å². The Bertz CT molecular complexity index is 207. The van der Waals surface area contributed by atoms with Gasteiger partial charge in [0.2, 0.25) is 5.95 Å². The van der Waals surface area contributed by atoms with Gasteiger partial charge >= 0.3 is 0 Å². The number of aliphatic hydroxyl groups is 1. The molecule has 5 nitrogen and oxygen atoms in total. The number of hydrogen-bond donors (Lipinski definition) is 2. The summed E-state index contributed by atoms with van der Waals surface area (Å²) >= 11 is 0. The van der Waals surface area contributed by atoms with Crippen molar-refractivity contribution in [2.24, 2.45) is 0 Å². The molecule has 1 heterocycles. The molecule has 1 aromatic heterocycles. The lowest BCUT2D eigenvalue weighted by molar-refractivity contribution is 0.168. The minimum Gasteiger partial charge on any atom is -0.391 e. The van der Waals surface area contributed by atoms with E-state index in [0.717, 1.165) is 0 Å². The van der Waals surface area contributed by atoms with Crippen LogP contribution in [0.2, 0.25) is 0 Å². The first-order valence-electron chi connectivity index (χ1n) is 3.01. The number of nitrogen functional groups attached to an aromatic ring is 1. The highest BCUT2D eigenvalue weighted by atomic mass is 16.3. The first-order valence-corrected chi connectivity index (χ1v) is 3.01. The van der Waals surface area contributed by atoms with Crippen LogP contribution in [0.1, 0.15) is 6.92 Å². The van der Waals surface area contributed by atoms with Gasteiger partial charge in [0.25, 0.3) is 0 Å². The van der Waals surface area contributed by atoms with Crippen molar-refractivity contribution in [3.05, 3.63) is 6.33 Å². The molecule has 0 saturated carbocycles. The summed E-state index contributed by atoms with van der Waals surface area (Å²) in [7, 11) is 0. The van der Waals surface area contributed by atoms with E-state index in [-0.39, 0.29) is 5.95 Å². The lowest BCUT2D eigenvalue weighted by atomic mass is 10.4. The number of nitrogens with two attached hydrogens (primary N) is 1. The molecule has 1 atom stereocenters. The van der Waals surface area contributed by atoms with Crippen LogP contribution in [0.4, 0.5) is 5.95 Å². The number of aromatic nitrogens is 3. The van der Waals surface area contributed by atoms with Crippen molar-refractivity contribution < 1.29 is 5.11 Å². The maximum Gasteiger partial charge on any atom is 0.239 e. The standard InChI is InChI=1S/C5H10N4O/c1-4(10)2-9-3-7-5(6)8-9/h3-4,10H,2H2,1H3,(H2,6,8). The van der Waals surface area contributed by atoms with E-state index in [1.165, 1.54) is 11.0 Å². The Labute approximate surface area is 58.5 Å². The molecule has 0 aliphatic rings. The molecule has 0 saturated heterocycles. The molecule has 1 unspecified atom stereocenters. The third kappa shape index (κ3) is 1.70. The molecule has 0 spiro atoms. The Kier molecular flexibility index (Phi) is 1.86. The van der Waals surface area contributed by atoms with Crippen LogP contribution < -0.4 is 5.73 Å². The largest absolute Gasteiger partial charge is 0.391 e. The number of aliphatic hydroxyl groups excluding tert-OH is 1. The topological polar surface area (TPSA) is 77.0 Å². The van der Waals surface area contributed by atoms with Crippen LogP contribution in [0.25, 0.3) is 0 Å². The zero-order valence-electron chi connectivity index (χ0n) is 5.73. The second kappa shape index (κ2) is 2.66. The molecule has 0 fully saturated rings. The second-order valence-electron chi connectivity index (χ2n) is 2.17. The van der Waals surface area contributed by atoms with Crippen LogP contribution in [-0.2, 0) is 6.54 Å². The average molecular weight is 142 g/mol. The van der Waals surface area contributed by atoms with E-state index in [1.54, 1.807) is 6.92 Å². The van der Waals surface area contributed by atoms with Crippen molar-refractivity contribution in [2.75, 3.05) is 5.73 Å². The minimum atomic E-state index is -0.416. The van der Waals surface area contributed by atoms with Gasteiger partial charge in [0.1, 0.15) is 6.33 Å². The first-order chi connectivity index (χ1) is 4.68. The summed E-state index contributed by atoms with van der Waals surface area (Å²) < 4.78 is 1.50. The van der Waals surface area contributed by atoms with E-state index in [1.807, 2.05) is 0 Å². The Balaban J connectivity index is 2.58. The Morgan fingerprint density at radius 3 is 3.00 bits per heavy atom. The fraction of sp³-hybridized carbons (Fsp3) is 0.600. The summed E-state index contributed by atoms with van der Waals surface area (Å²) in [5.74, 6) is 0.237. The minimum absolute atomic E-state index is 0.237. The maximum atomic E-state index is 8.89. The highest BCUT2D eigenvalue weighted by Crippen LogP contribution is 1.91. The molecule has 5 heteroatoms. The summed E-state index contributed by atoms with van der Waals surface area (Å²) in [6, 6.07) is 0. The lowest BCUT2D eigenvalue weighted by Gasteiger charge is -2.00. The number of rotatable bonds is 2. The Morgan fingerprint density at radius 1 is 1.90 bits per heavy atom. The van der Waals surface area contributed by atoms with Crippen molar-refractivity contribution >= 4 is 5.95 Å². The molecular formula is C5H10N4O. The zero-order chi connectivity index (χ0) is 7.56. The number of anilines is 1. The average Bonchev–Trinajstić information content (AvgIpc) is 2.13. The highest BCUT2D eigenvalue weighted by Gasteiger charge is 1.98. The van der Waals surface area contributed by atoms with Crippen molar-refractivity contribution in [3.8, 4) is 0 Å².